The van der Waals surface area contributed by atoms with Crippen LogP contribution < -0.4 is 5.32 Å². The van der Waals surface area contributed by atoms with Gasteiger partial charge in [0.1, 0.15) is 0 Å². The van der Waals surface area contributed by atoms with Gasteiger partial charge in [-0.05, 0) is 39.4 Å². The van der Waals surface area contributed by atoms with Crippen LogP contribution in [0.25, 0.3) is 0 Å². The van der Waals surface area contributed by atoms with Crippen LogP contribution in [0.1, 0.15) is 34.1 Å². The van der Waals surface area contributed by atoms with Crippen molar-refractivity contribution in [3.05, 3.63) is 0 Å². The van der Waals surface area contributed by atoms with Gasteiger partial charge in [-0.25, -0.2) is 0 Å². The molecule has 0 saturated carbocycles. The molecule has 0 bridgehead atoms. The van der Waals surface area contributed by atoms with Crippen molar-refractivity contribution < 1.29 is 4.74 Å². The molecule has 0 fully saturated rings. The zero-order valence-electron chi connectivity index (χ0n) is 10.8. The van der Waals surface area contributed by atoms with Crippen molar-refractivity contribution in [3.63, 3.8) is 0 Å². The first-order valence-electron chi connectivity index (χ1n) is 5.38. The van der Waals surface area contributed by atoms with Gasteiger partial charge in [0.05, 0.1) is 6.61 Å². The van der Waals surface area contributed by atoms with E-state index < -0.39 is 0 Å². The minimum atomic E-state index is 0.0941. The summed E-state index contributed by atoms with van der Waals surface area (Å²) in [7, 11) is 3.72. The van der Waals surface area contributed by atoms with E-state index in [1.165, 1.54) is 0 Å². The Morgan fingerprint density at radius 2 is 2.07 bits per heavy atom. The van der Waals surface area contributed by atoms with Crippen LogP contribution in [0.5, 0.6) is 0 Å². The Bertz CT molecular complexity index is 207. The SMILES string of the molecule is CCC(C)(C)N(C)C(=S)NC(C)COC. The van der Waals surface area contributed by atoms with Gasteiger partial charge in [0.15, 0.2) is 5.11 Å². The van der Waals surface area contributed by atoms with Crippen LogP contribution in [0.4, 0.5) is 0 Å². The van der Waals surface area contributed by atoms with Crippen LogP contribution >= 0.6 is 12.2 Å². The lowest BCUT2D eigenvalue weighted by Crippen LogP contribution is -2.51. The predicted molar refractivity (Wildman–Crippen MR) is 69.2 cm³/mol. The van der Waals surface area contributed by atoms with E-state index in [2.05, 4.69) is 37.9 Å². The number of rotatable bonds is 5. The molecule has 0 aliphatic carbocycles. The first-order chi connectivity index (χ1) is 6.85. The van der Waals surface area contributed by atoms with Crippen LogP contribution in [-0.4, -0.2) is 42.4 Å². The van der Waals surface area contributed by atoms with E-state index in [1.54, 1.807) is 7.11 Å². The summed E-state index contributed by atoms with van der Waals surface area (Å²) in [5, 5.41) is 4.04. The highest BCUT2D eigenvalue weighted by molar-refractivity contribution is 7.80. The fourth-order valence-corrected chi connectivity index (χ4v) is 1.56. The van der Waals surface area contributed by atoms with Crippen molar-refractivity contribution in [2.45, 2.75) is 45.7 Å². The second-order valence-corrected chi connectivity index (χ2v) is 4.92. The summed E-state index contributed by atoms with van der Waals surface area (Å²) in [4.78, 5) is 2.11. The minimum absolute atomic E-state index is 0.0941. The van der Waals surface area contributed by atoms with Crippen molar-refractivity contribution >= 4 is 17.3 Å². The quantitative estimate of drug-likeness (QED) is 0.733. The molecule has 3 nitrogen and oxygen atoms in total. The molecule has 0 aromatic rings. The van der Waals surface area contributed by atoms with Gasteiger partial charge in [0.2, 0.25) is 0 Å². The molecule has 0 spiro atoms. The topological polar surface area (TPSA) is 24.5 Å². The summed E-state index contributed by atoms with van der Waals surface area (Å²) in [5.41, 5.74) is 0.0941. The maximum absolute atomic E-state index is 5.34. The molecule has 0 aromatic heterocycles. The number of methoxy groups -OCH3 is 1. The van der Waals surface area contributed by atoms with Gasteiger partial charge in [-0.15, -0.1) is 0 Å². The smallest absolute Gasteiger partial charge is 0.169 e. The van der Waals surface area contributed by atoms with Crippen LogP contribution in [0.2, 0.25) is 0 Å². The third-order valence-corrected chi connectivity index (χ3v) is 3.26. The van der Waals surface area contributed by atoms with Crippen LogP contribution in [0.15, 0.2) is 0 Å². The molecule has 0 amide bonds. The maximum Gasteiger partial charge on any atom is 0.169 e. The molecule has 4 heteroatoms. The number of thiocarbonyl (C=S) groups is 1. The minimum Gasteiger partial charge on any atom is -0.383 e. The molecule has 0 heterocycles. The summed E-state index contributed by atoms with van der Waals surface area (Å²) < 4.78 is 5.06. The Balaban J connectivity index is 4.21. The van der Waals surface area contributed by atoms with E-state index in [9.17, 15) is 0 Å². The summed E-state index contributed by atoms with van der Waals surface area (Å²) in [5.74, 6) is 0. The lowest BCUT2D eigenvalue weighted by atomic mass is 10.0. The molecule has 0 aromatic carbocycles. The van der Waals surface area contributed by atoms with Crippen molar-refractivity contribution in [2.24, 2.45) is 0 Å². The lowest BCUT2D eigenvalue weighted by molar-refractivity contribution is 0.174. The van der Waals surface area contributed by atoms with Crippen molar-refractivity contribution in [3.8, 4) is 0 Å². The van der Waals surface area contributed by atoms with Gasteiger partial charge < -0.3 is 15.0 Å². The van der Waals surface area contributed by atoms with E-state index in [0.29, 0.717) is 6.61 Å². The predicted octanol–water partition coefficient (Wildman–Crippen LogP) is 2.02. The Labute approximate surface area is 99.2 Å². The largest absolute Gasteiger partial charge is 0.383 e. The lowest BCUT2D eigenvalue weighted by Gasteiger charge is -2.37. The number of hydrogen-bond donors (Lipinski definition) is 1. The number of hydrogen-bond acceptors (Lipinski definition) is 2. The average Bonchev–Trinajstić information content (AvgIpc) is 2.16. The Kier molecular flexibility index (Phi) is 6.13. The molecule has 1 atom stereocenters. The molecular weight excluding hydrogens is 208 g/mol. The van der Waals surface area contributed by atoms with Gasteiger partial charge in [0.25, 0.3) is 0 Å². The summed E-state index contributed by atoms with van der Waals surface area (Å²) in [6.07, 6.45) is 1.06. The third kappa shape index (κ3) is 4.80. The number of nitrogens with zero attached hydrogens (tertiary/aromatic N) is 1. The fourth-order valence-electron chi connectivity index (χ4n) is 1.11. The van der Waals surface area contributed by atoms with Crippen LogP contribution in [0, 0.1) is 0 Å². The fraction of sp³-hybridized carbons (Fsp3) is 0.909. The molecule has 90 valence electrons. The first-order valence-corrected chi connectivity index (χ1v) is 5.79. The summed E-state index contributed by atoms with van der Waals surface area (Å²) >= 11 is 5.34. The highest BCUT2D eigenvalue weighted by Gasteiger charge is 2.23. The van der Waals surface area contributed by atoms with Gasteiger partial charge >= 0.3 is 0 Å². The molecule has 0 saturated heterocycles. The second kappa shape index (κ2) is 6.28. The van der Waals surface area contributed by atoms with E-state index in [0.717, 1.165) is 11.5 Å². The molecule has 1 N–H and O–H groups in total. The third-order valence-electron chi connectivity index (χ3n) is 2.86. The highest BCUT2D eigenvalue weighted by atomic mass is 32.1. The Morgan fingerprint density at radius 1 is 1.53 bits per heavy atom. The van der Waals surface area contributed by atoms with Gasteiger partial charge in [-0.1, -0.05) is 6.92 Å². The van der Waals surface area contributed by atoms with Gasteiger partial charge in [0, 0.05) is 25.7 Å². The number of nitrogens with one attached hydrogen (secondary N) is 1. The van der Waals surface area contributed by atoms with E-state index in [1.807, 2.05) is 7.05 Å². The van der Waals surface area contributed by atoms with E-state index in [-0.39, 0.29) is 11.6 Å². The first kappa shape index (κ1) is 14.6. The van der Waals surface area contributed by atoms with Crippen molar-refractivity contribution in [1.29, 1.82) is 0 Å². The van der Waals surface area contributed by atoms with E-state index >= 15 is 0 Å². The Morgan fingerprint density at radius 3 is 2.47 bits per heavy atom. The molecule has 0 radical (unpaired) electrons. The van der Waals surface area contributed by atoms with Crippen molar-refractivity contribution in [1.82, 2.24) is 10.2 Å². The molecule has 0 aliphatic rings. The Hall–Kier alpha value is -0.350. The van der Waals surface area contributed by atoms with Gasteiger partial charge in [-0.2, -0.15) is 0 Å². The highest BCUT2D eigenvalue weighted by Crippen LogP contribution is 2.16. The standard InChI is InChI=1S/C11H24N2OS/c1-7-11(3,4)13(5)10(15)12-9(2)8-14-6/h9H,7-8H2,1-6H3,(H,12,15). The zero-order chi connectivity index (χ0) is 12.1. The second-order valence-electron chi connectivity index (χ2n) is 4.53. The van der Waals surface area contributed by atoms with Crippen LogP contribution in [0.3, 0.4) is 0 Å². The maximum atomic E-state index is 5.34. The molecule has 1 unspecified atom stereocenters. The summed E-state index contributed by atoms with van der Waals surface area (Å²) in [6.45, 7) is 9.25. The van der Waals surface area contributed by atoms with Crippen LogP contribution in [-0.2, 0) is 4.74 Å². The molecule has 15 heavy (non-hydrogen) atoms. The van der Waals surface area contributed by atoms with Crippen molar-refractivity contribution in [2.75, 3.05) is 20.8 Å². The van der Waals surface area contributed by atoms with Gasteiger partial charge in [-0.3, -0.25) is 0 Å². The normalized spacial score (nSPS) is 13.5. The summed E-state index contributed by atoms with van der Waals surface area (Å²) in [6, 6.07) is 0.248. The molecule has 0 aliphatic heterocycles. The number of ether oxygens (including phenoxy) is 1. The van der Waals surface area contributed by atoms with E-state index in [4.69, 9.17) is 17.0 Å². The monoisotopic (exact) mass is 232 g/mol. The molecule has 0 rings (SSSR count). The average molecular weight is 232 g/mol. The molecular formula is C11H24N2OS. The zero-order valence-corrected chi connectivity index (χ0v) is 11.6.